The number of benzene rings is 1. The number of nitrogens with zero attached hydrogens (tertiary/aromatic N) is 4. The van der Waals surface area contributed by atoms with Crippen LogP contribution < -0.4 is 4.90 Å². The van der Waals surface area contributed by atoms with Crippen LogP contribution in [0, 0.1) is 11.3 Å². The first-order chi connectivity index (χ1) is 11.8. The molecule has 0 spiro atoms. The molecule has 24 heavy (non-hydrogen) atoms. The number of pyridine rings is 1. The highest BCUT2D eigenvalue weighted by molar-refractivity contribution is 5.54. The zero-order valence-electron chi connectivity index (χ0n) is 13.5. The minimum atomic E-state index is 0.177. The Morgan fingerprint density at radius 2 is 2.04 bits per heavy atom. The van der Waals surface area contributed by atoms with E-state index < -0.39 is 0 Å². The third-order valence-electron chi connectivity index (χ3n) is 4.85. The first kappa shape index (κ1) is 15.1. The Kier molecular flexibility index (Phi) is 4.16. The van der Waals surface area contributed by atoms with Gasteiger partial charge in [-0.3, -0.25) is 4.90 Å². The molecule has 1 aromatic carbocycles. The van der Waals surface area contributed by atoms with E-state index in [1.165, 1.54) is 5.56 Å². The Morgan fingerprint density at radius 1 is 1.17 bits per heavy atom. The summed E-state index contributed by atoms with van der Waals surface area (Å²) in [5.74, 6) is 0.776. The minimum Gasteiger partial charge on any atom is -0.373 e. The van der Waals surface area contributed by atoms with Gasteiger partial charge in [0.1, 0.15) is 11.9 Å². The van der Waals surface area contributed by atoms with Crippen molar-refractivity contribution in [2.75, 3.05) is 31.1 Å². The van der Waals surface area contributed by atoms with Crippen molar-refractivity contribution >= 4 is 5.82 Å². The number of ether oxygens (including phenoxy) is 1. The van der Waals surface area contributed by atoms with E-state index in [1.54, 1.807) is 6.20 Å². The molecular weight excluding hydrogens is 300 g/mol. The van der Waals surface area contributed by atoms with E-state index in [0.717, 1.165) is 38.6 Å². The van der Waals surface area contributed by atoms with Crippen LogP contribution in [0.25, 0.3) is 0 Å². The van der Waals surface area contributed by atoms with Crippen molar-refractivity contribution in [1.29, 1.82) is 5.26 Å². The molecule has 2 atom stereocenters. The Hall–Kier alpha value is -2.42. The van der Waals surface area contributed by atoms with Crippen LogP contribution in [0.5, 0.6) is 0 Å². The maximum absolute atomic E-state index is 9.33. The third-order valence-corrected chi connectivity index (χ3v) is 4.85. The summed E-state index contributed by atoms with van der Waals surface area (Å²) >= 11 is 0. The molecule has 0 saturated carbocycles. The molecule has 4 rings (SSSR count). The van der Waals surface area contributed by atoms with Crippen molar-refractivity contribution in [3.63, 3.8) is 0 Å². The number of rotatable bonds is 3. The molecule has 5 nitrogen and oxygen atoms in total. The summed E-state index contributed by atoms with van der Waals surface area (Å²) in [7, 11) is 0. The van der Waals surface area contributed by atoms with Gasteiger partial charge in [0.15, 0.2) is 0 Å². The Balaban J connectivity index is 1.53. The highest BCUT2D eigenvalue weighted by Crippen LogP contribution is 2.28. The molecule has 0 bridgehead atoms. The van der Waals surface area contributed by atoms with Gasteiger partial charge in [-0.05, 0) is 17.7 Å². The van der Waals surface area contributed by atoms with Gasteiger partial charge in [0.25, 0.3) is 0 Å². The van der Waals surface area contributed by atoms with Crippen LogP contribution in [0.1, 0.15) is 11.1 Å². The monoisotopic (exact) mass is 320 g/mol. The lowest BCUT2D eigenvalue weighted by molar-refractivity contribution is -0.0499. The van der Waals surface area contributed by atoms with Crippen LogP contribution in [-0.4, -0.2) is 48.3 Å². The van der Waals surface area contributed by atoms with Gasteiger partial charge in [0, 0.05) is 32.4 Å². The first-order valence-electron chi connectivity index (χ1n) is 8.35. The van der Waals surface area contributed by atoms with Gasteiger partial charge >= 0.3 is 0 Å². The number of nitriles is 1. The van der Waals surface area contributed by atoms with Crippen molar-refractivity contribution in [3.05, 3.63) is 59.8 Å². The van der Waals surface area contributed by atoms with E-state index >= 15 is 0 Å². The predicted octanol–water partition coefficient (Wildman–Crippen LogP) is 2.04. The highest BCUT2D eigenvalue weighted by atomic mass is 16.5. The fourth-order valence-corrected chi connectivity index (χ4v) is 3.68. The average Bonchev–Trinajstić information content (AvgIpc) is 3.08. The summed E-state index contributed by atoms with van der Waals surface area (Å²) in [4.78, 5) is 9.12. The standard InChI is InChI=1S/C19H20N4O/c20-11-16-7-4-8-21-19(16)23-13-17-18(14-23)24-10-9-22(17)12-15-5-2-1-3-6-15/h1-8,17-18H,9-10,12-14H2/t17-,18-/m0/s1. The molecule has 2 saturated heterocycles. The summed E-state index contributed by atoms with van der Waals surface area (Å²) in [6.07, 6.45) is 1.93. The van der Waals surface area contributed by atoms with Gasteiger partial charge < -0.3 is 9.64 Å². The minimum absolute atomic E-state index is 0.177. The maximum atomic E-state index is 9.33. The van der Waals surface area contributed by atoms with Crippen LogP contribution in [0.3, 0.4) is 0 Å². The summed E-state index contributed by atoms with van der Waals surface area (Å²) in [5, 5.41) is 9.33. The van der Waals surface area contributed by atoms with Crippen molar-refractivity contribution in [3.8, 4) is 6.07 Å². The van der Waals surface area contributed by atoms with Gasteiger partial charge in [-0.15, -0.1) is 0 Å². The van der Waals surface area contributed by atoms with Gasteiger partial charge in [0.05, 0.1) is 24.3 Å². The molecule has 0 unspecified atom stereocenters. The number of anilines is 1. The van der Waals surface area contributed by atoms with E-state index in [4.69, 9.17) is 4.74 Å². The zero-order valence-corrected chi connectivity index (χ0v) is 13.5. The second-order valence-corrected chi connectivity index (χ2v) is 6.32. The SMILES string of the molecule is N#Cc1cccnc1N1C[C@@H]2OCCN(Cc3ccccc3)[C@H]2C1. The summed E-state index contributed by atoms with van der Waals surface area (Å²) in [5.41, 5.74) is 1.96. The molecule has 1 aromatic heterocycles. The maximum Gasteiger partial charge on any atom is 0.146 e. The molecule has 2 aliphatic heterocycles. The lowest BCUT2D eigenvalue weighted by atomic mass is 10.1. The molecule has 0 aliphatic carbocycles. The van der Waals surface area contributed by atoms with Gasteiger partial charge in [-0.1, -0.05) is 30.3 Å². The summed E-state index contributed by atoms with van der Waals surface area (Å²) < 4.78 is 6.00. The molecular formula is C19H20N4O. The zero-order chi connectivity index (χ0) is 16.4. The summed E-state index contributed by atoms with van der Waals surface area (Å²) in [6, 6.07) is 16.8. The van der Waals surface area contributed by atoms with Crippen LogP contribution in [0.4, 0.5) is 5.82 Å². The van der Waals surface area contributed by atoms with E-state index in [1.807, 2.05) is 18.2 Å². The van der Waals surface area contributed by atoms with Crippen molar-refractivity contribution < 1.29 is 4.74 Å². The second-order valence-electron chi connectivity index (χ2n) is 6.32. The number of aromatic nitrogens is 1. The van der Waals surface area contributed by atoms with Crippen molar-refractivity contribution in [2.45, 2.75) is 18.7 Å². The molecule has 2 aliphatic rings. The lowest BCUT2D eigenvalue weighted by Gasteiger charge is -2.36. The molecule has 0 amide bonds. The molecule has 3 heterocycles. The van der Waals surface area contributed by atoms with Crippen LogP contribution in [0.2, 0.25) is 0 Å². The number of morpholine rings is 1. The van der Waals surface area contributed by atoms with E-state index in [2.05, 4.69) is 45.1 Å². The lowest BCUT2D eigenvalue weighted by Crippen LogP contribution is -2.50. The number of hydrogen-bond donors (Lipinski definition) is 0. The van der Waals surface area contributed by atoms with E-state index in [0.29, 0.717) is 11.6 Å². The van der Waals surface area contributed by atoms with Gasteiger partial charge in [-0.25, -0.2) is 4.98 Å². The Bertz CT molecular complexity index is 743. The topological polar surface area (TPSA) is 52.4 Å². The third kappa shape index (κ3) is 2.86. The highest BCUT2D eigenvalue weighted by Gasteiger charge is 2.40. The fraction of sp³-hybridized carbons (Fsp3) is 0.368. The summed E-state index contributed by atoms with van der Waals surface area (Å²) in [6.45, 7) is 4.28. The largest absolute Gasteiger partial charge is 0.373 e. The average molecular weight is 320 g/mol. The quantitative estimate of drug-likeness (QED) is 0.866. The smallest absolute Gasteiger partial charge is 0.146 e. The predicted molar refractivity (Wildman–Crippen MR) is 91.5 cm³/mol. The molecule has 2 aromatic rings. The molecule has 0 N–H and O–H groups in total. The Labute approximate surface area is 142 Å². The van der Waals surface area contributed by atoms with E-state index in [-0.39, 0.29) is 6.10 Å². The molecule has 0 radical (unpaired) electrons. The normalized spacial score (nSPS) is 23.7. The van der Waals surface area contributed by atoms with Crippen LogP contribution in [0.15, 0.2) is 48.7 Å². The van der Waals surface area contributed by atoms with Crippen molar-refractivity contribution in [2.24, 2.45) is 0 Å². The molecule has 2 fully saturated rings. The number of hydrogen-bond acceptors (Lipinski definition) is 5. The van der Waals surface area contributed by atoms with E-state index in [9.17, 15) is 5.26 Å². The van der Waals surface area contributed by atoms with Crippen molar-refractivity contribution in [1.82, 2.24) is 9.88 Å². The second kappa shape index (κ2) is 6.60. The first-order valence-corrected chi connectivity index (χ1v) is 8.35. The van der Waals surface area contributed by atoms with Gasteiger partial charge in [-0.2, -0.15) is 5.26 Å². The molecule has 5 heteroatoms. The van der Waals surface area contributed by atoms with Crippen LogP contribution in [-0.2, 0) is 11.3 Å². The fourth-order valence-electron chi connectivity index (χ4n) is 3.68. The van der Waals surface area contributed by atoms with Crippen LogP contribution >= 0.6 is 0 Å². The number of fused-ring (bicyclic) bond motifs is 1. The van der Waals surface area contributed by atoms with Gasteiger partial charge in [0.2, 0.25) is 0 Å². The Morgan fingerprint density at radius 3 is 2.88 bits per heavy atom. The molecule has 122 valence electrons.